The van der Waals surface area contributed by atoms with E-state index in [1.165, 1.54) is 4.90 Å². The van der Waals surface area contributed by atoms with Crippen molar-refractivity contribution in [2.24, 2.45) is 5.92 Å². The van der Waals surface area contributed by atoms with E-state index < -0.39 is 29.7 Å². The summed E-state index contributed by atoms with van der Waals surface area (Å²) in [5.41, 5.74) is 0.357. The second kappa shape index (κ2) is 9.88. The van der Waals surface area contributed by atoms with Crippen LogP contribution < -0.4 is 9.64 Å². The van der Waals surface area contributed by atoms with Crippen molar-refractivity contribution in [1.82, 2.24) is 20.1 Å². The van der Waals surface area contributed by atoms with Crippen molar-refractivity contribution in [3.05, 3.63) is 83.9 Å². The van der Waals surface area contributed by atoms with Crippen LogP contribution in [0.4, 0.5) is 19.1 Å². The number of carboxylic acid groups (broad SMARTS) is 1. The van der Waals surface area contributed by atoms with E-state index in [0.29, 0.717) is 23.0 Å². The molecule has 0 spiro atoms. The summed E-state index contributed by atoms with van der Waals surface area (Å²) in [6, 6.07) is 16.9. The summed E-state index contributed by atoms with van der Waals surface area (Å²) in [6.07, 6.45) is -3.61. The number of benzene rings is 2. The van der Waals surface area contributed by atoms with Gasteiger partial charge in [0.1, 0.15) is 11.4 Å². The molecule has 2 aromatic heterocycles. The third-order valence-electron chi connectivity index (χ3n) is 6.00. The maximum Gasteiger partial charge on any atom is 0.433 e. The fourth-order valence-electron chi connectivity index (χ4n) is 4.21. The van der Waals surface area contributed by atoms with E-state index in [2.05, 4.69) is 20.1 Å². The first kappa shape index (κ1) is 24.2. The summed E-state index contributed by atoms with van der Waals surface area (Å²) in [7, 11) is 0. The lowest BCUT2D eigenvalue weighted by Crippen LogP contribution is -2.25. The Morgan fingerprint density at radius 3 is 2.65 bits per heavy atom. The van der Waals surface area contributed by atoms with E-state index in [1.54, 1.807) is 24.3 Å². The highest BCUT2D eigenvalue weighted by molar-refractivity contribution is 5.73. The van der Waals surface area contributed by atoms with E-state index in [1.807, 2.05) is 30.3 Å². The molecule has 2 atom stereocenters. The average Bonchev–Trinajstić information content (AvgIpc) is 3.56. The number of hydrogen-bond acceptors (Lipinski definition) is 8. The molecule has 1 N–H and O–H groups in total. The van der Waals surface area contributed by atoms with Crippen molar-refractivity contribution in [1.29, 1.82) is 0 Å². The highest BCUT2D eigenvalue weighted by Crippen LogP contribution is 2.37. The smallest absolute Gasteiger partial charge is 0.433 e. The van der Waals surface area contributed by atoms with E-state index in [9.17, 15) is 23.1 Å². The van der Waals surface area contributed by atoms with E-state index >= 15 is 0 Å². The normalized spacial score (nSPS) is 17.6. The first-order valence-corrected chi connectivity index (χ1v) is 11.3. The molecule has 0 bridgehead atoms. The Kier molecular flexibility index (Phi) is 6.47. The van der Waals surface area contributed by atoms with Crippen LogP contribution in [0.3, 0.4) is 0 Å². The molecule has 0 radical (unpaired) electrons. The minimum absolute atomic E-state index is 0.0248. The van der Waals surface area contributed by atoms with Crippen LogP contribution in [0.5, 0.6) is 5.75 Å². The molecular formula is C25H20F3N5O4. The van der Waals surface area contributed by atoms with Crippen LogP contribution in [0, 0.1) is 5.92 Å². The van der Waals surface area contributed by atoms with Crippen molar-refractivity contribution in [2.45, 2.75) is 18.7 Å². The average molecular weight is 511 g/mol. The number of rotatable bonds is 7. The topological polar surface area (TPSA) is 114 Å². The van der Waals surface area contributed by atoms with Crippen LogP contribution in [0.1, 0.15) is 23.0 Å². The molecule has 1 fully saturated rings. The standard InChI is InChI=1S/C25H20F3N5O4/c26-25(27,28)20-9-10-29-24(30-20)33-12-18(19(13-33)23(34)35)16-7-4-8-17(11-16)36-14-21-31-22(37-32-21)15-5-2-1-3-6-15/h1-11,18-19H,12-14H2,(H,34,35)/t18-,19?/m0/s1. The van der Waals surface area contributed by atoms with Gasteiger partial charge in [-0.3, -0.25) is 4.79 Å². The molecule has 1 unspecified atom stereocenters. The Hall–Kier alpha value is -4.48. The molecule has 1 aliphatic rings. The summed E-state index contributed by atoms with van der Waals surface area (Å²) in [6.45, 7) is 0.127. The van der Waals surface area contributed by atoms with Crippen LogP contribution in [0.2, 0.25) is 0 Å². The number of nitrogens with zero attached hydrogens (tertiary/aromatic N) is 5. The van der Waals surface area contributed by atoms with Crippen LogP contribution in [0.15, 0.2) is 71.4 Å². The van der Waals surface area contributed by atoms with Crippen LogP contribution in [0.25, 0.3) is 11.5 Å². The molecule has 1 aliphatic heterocycles. The zero-order valence-corrected chi connectivity index (χ0v) is 19.2. The third kappa shape index (κ3) is 5.37. The van der Waals surface area contributed by atoms with E-state index in [4.69, 9.17) is 9.26 Å². The maximum absolute atomic E-state index is 13.1. The number of carbonyl (C=O) groups is 1. The molecule has 5 rings (SSSR count). The van der Waals surface area contributed by atoms with Crippen LogP contribution >= 0.6 is 0 Å². The molecule has 2 aromatic carbocycles. The van der Waals surface area contributed by atoms with Gasteiger partial charge in [-0.05, 0) is 35.9 Å². The number of anilines is 1. The lowest BCUT2D eigenvalue weighted by Gasteiger charge is -2.17. The van der Waals surface area contributed by atoms with Crippen LogP contribution in [-0.4, -0.2) is 44.3 Å². The number of aromatic nitrogens is 4. The van der Waals surface area contributed by atoms with Gasteiger partial charge in [0, 0.05) is 30.8 Å². The summed E-state index contributed by atoms with van der Waals surface area (Å²) < 4.78 is 50.4. The van der Waals surface area contributed by atoms with Crippen molar-refractivity contribution in [3.8, 4) is 17.2 Å². The highest BCUT2D eigenvalue weighted by Gasteiger charge is 2.41. The van der Waals surface area contributed by atoms with Crippen molar-refractivity contribution >= 4 is 11.9 Å². The molecular weight excluding hydrogens is 491 g/mol. The fraction of sp³-hybridized carbons (Fsp3) is 0.240. The van der Waals surface area contributed by atoms with Gasteiger partial charge in [-0.2, -0.15) is 18.2 Å². The molecule has 3 heterocycles. The number of hydrogen-bond donors (Lipinski definition) is 1. The summed E-state index contributed by atoms with van der Waals surface area (Å²) in [5.74, 6) is -1.47. The maximum atomic E-state index is 13.1. The molecule has 0 amide bonds. The predicted octanol–water partition coefficient (Wildman–Crippen LogP) is 4.43. The lowest BCUT2D eigenvalue weighted by atomic mass is 9.89. The number of carboxylic acids is 1. The lowest BCUT2D eigenvalue weighted by molar-refractivity contribution is -0.142. The Balaban J connectivity index is 1.31. The molecule has 12 heteroatoms. The Labute approximate surface area is 208 Å². The van der Waals surface area contributed by atoms with Crippen LogP contribution in [-0.2, 0) is 17.6 Å². The van der Waals surface area contributed by atoms with Gasteiger partial charge < -0.3 is 19.3 Å². The molecule has 37 heavy (non-hydrogen) atoms. The van der Waals surface area contributed by atoms with Crippen molar-refractivity contribution in [3.63, 3.8) is 0 Å². The zero-order chi connectivity index (χ0) is 26.0. The SMILES string of the molecule is O=C(O)C1CN(c2nccc(C(F)(F)F)n2)C[C@H]1c1cccc(OCc2noc(-c3ccccc3)n2)c1. The first-order chi connectivity index (χ1) is 17.8. The predicted molar refractivity (Wildman–Crippen MR) is 124 cm³/mol. The Bertz CT molecular complexity index is 1400. The molecule has 1 saturated heterocycles. The molecule has 0 aliphatic carbocycles. The highest BCUT2D eigenvalue weighted by atomic mass is 19.4. The van der Waals surface area contributed by atoms with Gasteiger partial charge in [-0.1, -0.05) is 35.5 Å². The van der Waals surface area contributed by atoms with Gasteiger partial charge in [0.2, 0.25) is 11.8 Å². The largest absolute Gasteiger partial charge is 0.485 e. The summed E-state index contributed by atoms with van der Waals surface area (Å²) in [4.78, 5) is 25.3. The number of aliphatic carboxylic acids is 1. The van der Waals surface area contributed by atoms with Gasteiger partial charge in [-0.25, -0.2) is 9.97 Å². The summed E-state index contributed by atoms with van der Waals surface area (Å²) >= 11 is 0. The zero-order valence-electron chi connectivity index (χ0n) is 19.2. The molecule has 9 nitrogen and oxygen atoms in total. The first-order valence-electron chi connectivity index (χ1n) is 11.3. The summed E-state index contributed by atoms with van der Waals surface area (Å²) in [5, 5.41) is 13.7. The second-order valence-electron chi connectivity index (χ2n) is 8.44. The van der Waals surface area contributed by atoms with E-state index in [-0.39, 0.29) is 25.6 Å². The number of halogens is 3. The van der Waals surface area contributed by atoms with Gasteiger partial charge >= 0.3 is 12.1 Å². The minimum Gasteiger partial charge on any atom is -0.485 e. The quantitative estimate of drug-likeness (QED) is 0.385. The fourth-order valence-corrected chi connectivity index (χ4v) is 4.21. The van der Waals surface area contributed by atoms with E-state index in [0.717, 1.165) is 17.8 Å². The molecule has 0 saturated carbocycles. The van der Waals surface area contributed by atoms with Crippen molar-refractivity contribution in [2.75, 3.05) is 18.0 Å². The number of alkyl halides is 3. The minimum atomic E-state index is -4.63. The Morgan fingerprint density at radius 1 is 1.08 bits per heavy atom. The second-order valence-corrected chi connectivity index (χ2v) is 8.44. The molecule has 4 aromatic rings. The third-order valence-corrected chi connectivity index (χ3v) is 6.00. The number of ether oxygens (including phenoxy) is 1. The van der Waals surface area contributed by atoms with Crippen molar-refractivity contribution < 1.29 is 32.3 Å². The van der Waals surface area contributed by atoms with Gasteiger partial charge in [0.15, 0.2) is 6.61 Å². The Morgan fingerprint density at radius 2 is 1.89 bits per heavy atom. The van der Waals surface area contributed by atoms with Gasteiger partial charge in [0.25, 0.3) is 5.89 Å². The monoisotopic (exact) mass is 511 g/mol. The van der Waals surface area contributed by atoms with Gasteiger partial charge in [-0.15, -0.1) is 0 Å². The molecule has 190 valence electrons. The van der Waals surface area contributed by atoms with Gasteiger partial charge in [0.05, 0.1) is 5.92 Å².